The molecule has 6 heteroatoms. The van der Waals surface area contributed by atoms with Crippen LogP contribution in [0.15, 0.2) is 53.6 Å². The van der Waals surface area contributed by atoms with Gasteiger partial charge in [-0.3, -0.25) is 9.88 Å². The van der Waals surface area contributed by atoms with Gasteiger partial charge in [0, 0.05) is 31.4 Å². The summed E-state index contributed by atoms with van der Waals surface area (Å²) in [6.45, 7) is 6.08. The molecule has 1 aliphatic rings. The van der Waals surface area contributed by atoms with Crippen molar-refractivity contribution in [3.8, 4) is 0 Å². The zero-order valence-corrected chi connectivity index (χ0v) is 14.3. The average Bonchev–Trinajstić information content (AvgIpc) is 3.29. The number of ether oxygens (including phenoxy) is 1. The van der Waals surface area contributed by atoms with Crippen LogP contribution in [0.1, 0.15) is 35.7 Å². The van der Waals surface area contributed by atoms with Crippen LogP contribution in [0, 0.1) is 0 Å². The van der Waals surface area contributed by atoms with Crippen LogP contribution in [0.5, 0.6) is 0 Å². The first-order valence-corrected chi connectivity index (χ1v) is 8.58. The molecular formula is C19H22N4O2. The van der Waals surface area contributed by atoms with E-state index in [4.69, 9.17) is 9.15 Å². The van der Waals surface area contributed by atoms with E-state index in [1.165, 1.54) is 5.56 Å². The Balaban J connectivity index is 1.39. The minimum atomic E-state index is 0.271. The van der Waals surface area contributed by atoms with Gasteiger partial charge in [0.15, 0.2) is 0 Å². The molecule has 0 bridgehead atoms. The Hall–Kier alpha value is -2.44. The van der Waals surface area contributed by atoms with Crippen molar-refractivity contribution in [1.82, 2.24) is 19.4 Å². The molecule has 25 heavy (non-hydrogen) atoms. The first-order valence-electron chi connectivity index (χ1n) is 8.58. The Morgan fingerprint density at radius 2 is 2.16 bits per heavy atom. The molecule has 1 atom stereocenters. The van der Waals surface area contributed by atoms with Crippen LogP contribution in [0.3, 0.4) is 0 Å². The largest absolute Gasteiger partial charge is 0.472 e. The van der Waals surface area contributed by atoms with Crippen molar-refractivity contribution in [2.45, 2.75) is 39.3 Å². The monoisotopic (exact) mass is 338 g/mol. The summed E-state index contributed by atoms with van der Waals surface area (Å²) in [5, 5.41) is 0. The van der Waals surface area contributed by atoms with E-state index < -0.39 is 0 Å². The molecule has 0 N–H and O–H groups in total. The first-order chi connectivity index (χ1) is 12.3. The number of aromatic nitrogens is 3. The van der Waals surface area contributed by atoms with Crippen LogP contribution < -0.4 is 0 Å². The molecule has 4 rings (SSSR count). The van der Waals surface area contributed by atoms with Gasteiger partial charge in [0.1, 0.15) is 5.82 Å². The highest BCUT2D eigenvalue weighted by Gasteiger charge is 2.27. The van der Waals surface area contributed by atoms with Crippen LogP contribution >= 0.6 is 0 Å². The Morgan fingerprint density at radius 3 is 2.96 bits per heavy atom. The summed E-state index contributed by atoms with van der Waals surface area (Å²) in [5.41, 5.74) is 3.27. The van der Waals surface area contributed by atoms with E-state index >= 15 is 0 Å². The highest BCUT2D eigenvalue weighted by atomic mass is 16.5. The summed E-state index contributed by atoms with van der Waals surface area (Å²) >= 11 is 0. The lowest BCUT2D eigenvalue weighted by molar-refractivity contribution is 0.0948. The molecule has 1 aliphatic heterocycles. The van der Waals surface area contributed by atoms with Gasteiger partial charge >= 0.3 is 0 Å². The molecule has 0 amide bonds. The Morgan fingerprint density at radius 1 is 1.20 bits per heavy atom. The molecule has 0 saturated carbocycles. The second-order valence-corrected chi connectivity index (χ2v) is 6.35. The van der Waals surface area contributed by atoms with Crippen molar-refractivity contribution in [2.75, 3.05) is 6.54 Å². The third-order valence-electron chi connectivity index (χ3n) is 4.69. The van der Waals surface area contributed by atoms with Crippen molar-refractivity contribution in [3.05, 3.63) is 72.0 Å². The summed E-state index contributed by atoms with van der Waals surface area (Å²) in [7, 11) is 0. The van der Waals surface area contributed by atoms with Crippen LogP contribution in [0.2, 0.25) is 0 Å². The van der Waals surface area contributed by atoms with Crippen molar-refractivity contribution < 1.29 is 9.15 Å². The van der Waals surface area contributed by atoms with E-state index in [-0.39, 0.29) is 6.04 Å². The van der Waals surface area contributed by atoms with E-state index in [2.05, 4.69) is 26.4 Å². The Kier molecular flexibility index (Phi) is 4.63. The lowest BCUT2D eigenvalue weighted by atomic mass is 10.2. The molecule has 0 fully saturated rings. The van der Waals surface area contributed by atoms with Crippen molar-refractivity contribution >= 4 is 0 Å². The topological polar surface area (TPSA) is 56.3 Å². The highest BCUT2D eigenvalue weighted by Crippen LogP contribution is 2.27. The lowest BCUT2D eigenvalue weighted by Gasteiger charge is -2.34. The number of fused-ring (bicyclic) bond motifs is 1. The number of nitrogens with zero attached hydrogens (tertiary/aromatic N) is 4. The molecule has 0 unspecified atom stereocenters. The molecule has 130 valence electrons. The molecule has 6 nitrogen and oxygen atoms in total. The molecule has 0 aromatic carbocycles. The molecule has 0 aliphatic carbocycles. The van der Waals surface area contributed by atoms with E-state index in [1.54, 1.807) is 12.5 Å². The number of hydrogen-bond donors (Lipinski definition) is 0. The third kappa shape index (κ3) is 3.50. The molecule has 3 aromatic heterocycles. The van der Waals surface area contributed by atoms with Gasteiger partial charge in [0.05, 0.1) is 49.4 Å². The third-order valence-corrected chi connectivity index (χ3v) is 4.69. The summed E-state index contributed by atoms with van der Waals surface area (Å²) in [4.78, 5) is 11.3. The summed E-state index contributed by atoms with van der Waals surface area (Å²) < 4.78 is 13.3. The first kappa shape index (κ1) is 16.1. The minimum Gasteiger partial charge on any atom is -0.472 e. The van der Waals surface area contributed by atoms with Crippen LogP contribution in [0.25, 0.3) is 0 Å². The van der Waals surface area contributed by atoms with Crippen LogP contribution in [0.4, 0.5) is 0 Å². The SMILES string of the molecule is C[C@H]1c2ncc(COCc3ccccn3)n2CCN1Cc1ccoc1. The zero-order valence-electron chi connectivity index (χ0n) is 14.3. The molecular weight excluding hydrogens is 316 g/mol. The van der Waals surface area contributed by atoms with E-state index in [0.29, 0.717) is 13.2 Å². The average molecular weight is 338 g/mol. The fourth-order valence-corrected chi connectivity index (χ4v) is 3.30. The highest BCUT2D eigenvalue weighted by molar-refractivity contribution is 5.12. The zero-order chi connectivity index (χ0) is 17.1. The van der Waals surface area contributed by atoms with Gasteiger partial charge in [-0.15, -0.1) is 0 Å². The number of imidazole rings is 1. The molecule has 4 heterocycles. The van der Waals surface area contributed by atoms with Gasteiger partial charge in [-0.1, -0.05) is 6.07 Å². The fraction of sp³-hybridized carbons (Fsp3) is 0.368. The van der Waals surface area contributed by atoms with Gasteiger partial charge in [-0.2, -0.15) is 0 Å². The Labute approximate surface area is 147 Å². The maximum absolute atomic E-state index is 5.83. The predicted octanol–water partition coefficient (Wildman–Crippen LogP) is 3.16. The number of pyridine rings is 1. The molecule has 3 aromatic rings. The maximum atomic E-state index is 5.83. The molecule has 0 saturated heterocycles. The van der Waals surface area contributed by atoms with Crippen molar-refractivity contribution in [2.24, 2.45) is 0 Å². The van der Waals surface area contributed by atoms with Gasteiger partial charge in [0.25, 0.3) is 0 Å². The quantitative estimate of drug-likeness (QED) is 0.691. The normalized spacial score (nSPS) is 17.6. The van der Waals surface area contributed by atoms with Gasteiger partial charge in [0.2, 0.25) is 0 Å². The minimum absolute atomic E-state index is 0.271. The van der Waals surface area contributed by atoms with Gasteiger partial charge < -0.3 is 13.7 Å². The number of rotatable bonds is 6. The number of furan rings is 1. The second-order valence-electron chi connectivity index (χ2n) is 6.35. The smallest absolute Gasteiger partial charge is 0.126 e. The van der Waals surface area contributed by atoms with E-state index in [9.17, 15) is 0 Å². The summed E-state index contributed by atoms with van der Waals surface area (Å²) in [5.74, 6) is 1.10. The second kappa shape index (κ2) is 7.21. The van der Waals surface area contributed by atoms with Gasteiger partial charge in [-0.05, 0) is 25.1 Å². The van der Waals surface area contributed by atoms with Crippen molar-refractivity contribution in [3.63, 3.8) is 0 Å². The van der Waals surface area contributed by atoms with Gasteiger partial charge in [-0.25, -0.2) is 4.98 Å². The molecule has 0 spiro atoms. The lowest BCUT2D eigenvalue weighted by Crippen LogP contribution is -2.37. The van der Waals surface area contributed by atoms with E-state index in [0.717, 1.165) is 36.8 Å². The predicted molar refractivity (Wildman–Crippen MR) is 92.5 cm³/mol. The molecule has 0 radical (unpaired) electrons. The standard InChI is InChI=1S/C19H22N4O2/c1-15-19-21-10-18(14-25-13-17-4-2-3-6-20-17)23(19)8-7-22(15)11-16-5-9-24-12-16/h2-6,9-10,12,15H,7-8,11,13-14H2,1H3/t15-/m0/s1. The number of hydrogen-bond acceptors (Lipinski definition) is 5. The summed E-state index contributed by atoms with van der Waals surface area (Å²) in [6.07, 6.45) is 7.26. The van der Waals surface area contributed by atoms with Crippen LogP contribution in [-0.2, 0) is 31.0 Å². The van der Waals surface area contributed by atoms with Crippen LogP contribution in [-0.4, -0.2) is 26.0 Å². The maximum Gasteiger partial charge on any atom is 0.126 e. The Bertz CT molecular complexity index is 798. The van der Waals surface area contributed by atoms with Crippen molar-refractivity contribution in [1.29, 1.82) is 0 Å². The summed E-state index contributed by atoms with van der Waals surface area (Å²) in [6, 6.07) is 8.15. The fourth-order valence-electron chi connectivity index (χ4n) is 3.30. The van der Waals surface area contributed by atoms with E-state index in [1.807, 2.05) is 36.7 Å².